The number of hydrogen-bond acceptors (Lipinski definition) is 4. The molecule has 170 valence electrons. The number of piperidine rings is 1. The average Bonchev–Trinajstić information content (AvgIpc) is 3.29. The second kappa shape index (κ2) is 7.44. The van der Waals surface area contributed by atoms with Gasteiger partial charge >= 0.3 is 5.97 Å². The molecule has 0 amide bonds. The largest absolute Gasteiger partial charge is 0.451 e. The maximum atomic E-state index is 13.1. The highest BCUT2D eigenvalue weighted by atomic mass is 16.6. The van der Waals surface area contributed by atoms with E-state index in [1.807, 2.05) is 0 Å². The molecule has 5 atom stereocenters. The van der Waals surface area contributed by atoms with Crippen LogP contribution in [0.3, 0.4) is 0 Å². The molecule has 5 heteroatoms. The van der Waals surface area contributed by atoms with E-state index in [4.69, 9.17) is 4.74 Å². The Kier molecular flexibility index (Phi) is 4.76. The van der Waals surface area contributed by atoms with Crippen molar-refractivity contribution in [3.8, 4) is 0 Å². The summed E-state index contributed by atoms with van der Waals surface area (Å²) >= 11 is 0. The molecule has 2 aromatic rings. The maximum Gasteiger partial charge on any atom is 0.356 e. The summed E-state index contributed by atoms with van der Waals surface area (Å²) in [5.74, 6) is 1.22. The van der Waals surface area contributed by atoms with Crippen molar-refractivity contribution in [1.29, 1.82) is 0 Å². The van der Waals surface area contributed by atoms with E-state index in [1.165, 1.54) is 22.9 Å². The fraction of sp³-hybridized carbons (Fsp3) is 0.630. The number of nitrogens with zero attached hydrogens (tertiary/aromatic N) is 2. The number of ketones is 1. The molecule has 1 saturated carbocycles. The Balaban J connectivity index is 1.51. The third-order valence-corrected chi connectivity index (χ3v) is 8.58. The molecule has 1 aromatic heterocycles. The summed E-state index contributed by atoms with van der Waals surface area (Å²) < 4.78 is 8.34. The lowest BCUT2D eigenvalue weighted by molar-refractivity contribution is -0.128. The molecule has 0 radical (unpaired) electrons. The van der Waals surface area contributed by atoms with Gasteiger partial charge in [0.1, 0.15) is 17.6 Å². The van der Waals surface area contributed by atoms with Crippen LogP contribution in [0.4, 0.5) is 0 Å². The number of Topliss-reactive ketones (excluding diaryl/α,β-unsaturated/α-hetero) is 1. The van der Waals surface area contributed by atoms with Gasteiger partial charge in [-0.15, -0.1) is 0 Å². The zero-order chi connectivity index (χ0) is 22.1. The van der Waals surface area contributed by atoms with Crippen molar-refractivity contribution >= 4 is 22.7 Å². The predicted molar refractivity (Wildman–Crippen MR) is 124 cm³/mol. The third kappa shape index (κ3) is 2.73. The van der Waals surface area contributed by atoms with Crippen molar-refractivity contribution in [2.75, 3.05) is 13.1 Å². The monoisotopic (exact) mass is 434 g/mol. The van der Waals surface area contributed by atoms with Gasteiger partial charge in [-0.05, 0) is 63.6 Å². The Morgan fingerprint density at radius 1 is 1.16 bits per heavy atom. The van der Waals surface area contributed by atoms with Crippen LogP contribution < -0.4 is 0 Å². The van der Waals surface area contributed by atoms with Gasteiger partial charge in [-0.1, -0.05) is 25.5 Å². The second-order valence-corrected chi connectivity index (χ2v) is 10.7. The van der Waals surface area contributed by atoms with Crippen LogP contribution in [0, 0.1) is 11.8 Å². The number of esters is 1. The molecular formula is C27H34N2O3. The van der Waals surface area contributed by atoms with E-state index in [0.29, 0.717) is 17.6 Å². The number of likely N-dealkylation sites (tertiary alicyclic amines) is 1. The van der Waals surface area contributed by atoms with Crippen LogP contribution in [0.2, 0.25) is 0 Å². The lowest BCUT2D eigenvalue weighted by Gasteiger charge is -2.50. The van der Waals surface area contributed by atoms with Crippen LogP contribution in [0.5, 0.6) is 0 Å². The first-order chi connectivity index (χ1) is 15.5. The Bertz CT molecular complexity index is 1100. The molecule has 0 N–H and O–H groups in total. The van der Waals surface area contributed by atoms with Gasteiger partial charge in [0.05, 0.1) is 6.04 Å². The molecule has 1 saturated heterocycles. The van der Waals surface area contributed by atoms with Crippen molar-refractivity contribution in [2.45, 2.75) is 83.4 Å². The average molecular weight is 435 g/mol. The van der Waals surface area contributed by atoms with E-state index in [2.05, 4.69) is 48.4 Å². The molecule has 3 unspecified atom stereocenters. The third-order valence-electron chi connectivity index (χ3n) is 8.58. The molecule has 0 spiro atoms. The van der Waals surface area contributed by atoms with Crippen LogP contribution >= 0.6 is 0 Å². The number of benzene rings is 1. The minimum Gasteiger partial charge on any atom is -0.451 e. The van der Waals surface area contributed by atoms with Gasteiger partial charge in [0.2, 0.25) is 0 Å². The molecule has 4 aliphatic rings. The summed E-state index contributed by atoms with van der Waals surface area (Å²) in [7, 11) is 0. The summed E-state index contributed by atoms with van der Waals surface area (Å²) in [5.41, 5.74) is 4.43. The van der Waals surface area contributed by atoms with Crippen molar-refractivity contribution < 1.29 is 14.3 Å². The van der Waals surface area contributed by atoms with Gasteiger partial charge in [-0.2, -0.15) is 0 Å². The first kappa shape index (κ1) is 20.5. The highest BCUT2D eigenvalue weighted by Gasteiger charge is 2.54. The van der Waals surface area contributed by atoms with Gasteiger partial charge in [-0.3, -0.25) is 9.69 Å². The maximum absolute atomic E-state index is 13.1. The van der Waals surface area contributed by atoms with E-state index >= 15 is 0 Å². The molecule has 6 rings (SSSR count). The molecule has 2 aliphatic carbocycles. The number of carbonyl (C=O) groups is 2. The van der Waals surface area contributed by atoms with E-state index in [9.17, 15) is 9.59 Å². The van der Waals surface area contributed by atoms with E-state index in [0.717, 1.165) is 56.5 Å². The van der Waals surface area contributed by atoms with Gasteiger partial charge in [0, 0.05) is 47.3 Å². The standard InChI is InChI=1S/C27H34N2O3/c1-4-12-28-14-16(17-8-5-6-11-21(17)30)13-19-18-9-7-10-20-22(18)23-25(29(20)15(2)3)27(31)32-26(23)24(19)28/h7,9-10,15-17,19,24,26H,4-6,8,11-14H2,1-3H3/t16-,17?,19?,24+,26?/m1/s1. The molecule has 0 bridgehead atoms. The van der Waals surface area contributed by atoms with Gasteiger partial charge < -0.3 is 9.30 Å². The minimum absolute atomic E-state index is 0.164. The van der Waals surface area contributed by atoms with Gasteiger partial charge in [-0.25, -0.2) is 4.79 Å². The number of aromatic nitrogens is 1. The second-order valence-electron chi connectivity index (χ2n) is 10.7. The van der Waals surface area contributed by atoms with Crippen LogP contribution in [-0.2, 0) is 9.53 Å². The number of rotatable bonds is 4. The number of ether oxygens (including phenoxy) is 1. The highest BCUT2D eigenvalue weighted by molar-refractivity contribution is 6.04. The van der Waals surface area contributed by atoms with Crippen LogP contribution in [0.1, 0.15) is 99.0 Å². The lowest BCUT2D eigenvalue weighted by atomic mass is 9.66. The first-order valence-corrected chi connectivity index (χ1v) is 12.7. The fourth-order valence-electron chi connectivity index (χ4n) is 7.48. The van der Waals surface area contributed by atoms with Crippen LogP contribution in [-0.4, -0.2) is 40.4 Å². The van der Waals surface area contributed by atoms with Gasteiger partial charge in [0.25, 0.3) is 0 Å². The molecule has 32 heavy (non-hydrogen) atoms. The molecule has 1 aromatic carbocycles. The van der Waals surface area contributed by atoms with Crippen molar-refractivity contribution in [3.63, 3.8) is 0 Å². The summed E-state index contributed by atoms with van der Waals surface area (Å²) in [6.07, 6.45) is 5.93. The fourth-order valence-corrected chi connectivity index (χ4v) is 7.48. The zero-order valence-corrected chi connectivity index (χ0v) is 19.5. The van der Waals surface area contributed by atoms with E-state index < -0.39 is 0 Å². The Labute approximate surface area is 190 Å². The number of fused-ring (bicyclic) bond motifs is 3. The smallest absolute Gasteiger partial charge is 0.356 e. The predicted octanol–water partition coefficient (Wildman–Crippen LogP) is 5.39. The molecular weight excluding hydrogens is 400 g/mol. The topological polar surface area (TPSA) is 51.5 Å². The normalized spacial score (nSPS) is 31.9. The Morgan fingerprint density at radius 3 is 2.75 bits per heavy atom. The quantitative estimate of drug-likeness (QED) is 0.606. The minimum atomic E-state index is -0.186. The highest BCUT2D eigenvalue weighted by Crippen LogP contribution is 2.56. The summed E-state index contributed by atoms with van der Waals surface area (Å²) in [5, 5.41) is 1.25. The van der Waals surface area contributed by atoms with Gasteiger partial charge in [0.15, 0.2) is 0 Å². The summed E-state index contributed by atoms with van der Waals surface area (Å²) in [4.78, 5) is 28.6. The first-order valence-electron chi connectivity index (χ1n) is 12.7. The lowest BCUT2D eigenvalue weighted by Crippen LogP contribution is -2.54. The van der Waals surface area contributed by atoms with Crippen LogP contribution in [0.25, 0.3) is 10.9 Å². The van der Waals surface area contributed by atoms with Crippen molar-refractivity contribution in [1.82, 2.24) is 9.47 Å². The Hall–Kier alpha value is -2.14. The SMILES string of the molecule is CCCN1C[C@H](C2CCCCC2=O)CC2c3cccc4c3c3c(n4C(C)C)C(=O)OC3[C@H]21. The van der Waals surface area contributed by atoms with Crippen molar-refractivity contribution in [3.05, 3.63) is 35.0 Å². The Morgan fingerprint density at radius 2 is 2.00 bits per heavy atom. The molecule has 2 aliphatic heterocycles. The summed E-state index contributed by atoms with van der Waals surface area (Å²) in [6.45, 7) is 8.45. The number of hydrogen-bond donors (Lipinski definition) is 0. The van der Waals surface area contributed by atoms with E-state index in [-0.39, 0.29) is 30.1 Å². The van der Waals surface area contributed by atoms with E-state index in [1.54, 1.807) is 0 Å². The zero-order valence-electron chi connectivity index (χ0n) is 19.5. The molecule has 5 nitrogen and oxygen atoms in total. The molecule has 2 fully saturated rings. The van der Waals surface area contributed by atoms with Crippen molar-refractivity contribution in [2.24, 2.45) is 11.8 Å². The number of carbonyl (C=O) groups excluding carboxylic acids is 2. The molecule has 3 heterocycles. The summed E-state index contributed by atoms with van der Waals surface area (Å²) in [6, 6.07) is 6.97. The van der Waals surface area contributed by atoms with Crippen LogP contribution in [0.15, 0.2) is 18.2 Å².